The summed E-state index contributed by atoms with van der Waals surface area (Å²) in [5, 5.41) is 12.9. The summed E-state index contributed by atoms with van der Waals surface area (Å²) in [6.07, 6.45) is 4.41. The molecule has 2 amide bonds. The van der Waals surface area contributed by atoms with Gasteiger partial charge in [-0.3, -0.25) is 14.4 Å². The van der Waals surface area contributed by atoms with Crippen LogP contribution >= 0.6 is 0 Å². The van der Waals surface area contributed by atoms with Gasteiger partial charge in [-0.05, 0) is 19.8 Å². The number of ether oxygens (including phenoxy) is 1. The zero-order valence-corrected chi connectivity index (χ0v) is 19.2. The van der Waals surface area contributed by atoms with Crippen molar-refractivity contribution in [3.63, 3.8) is 0 Å². The number of aromatic hydroxyl groups is 1. The Balaban J connectivity index is 1.67. The first-order valence-electron chi connectivity index (χ1n) is 11.5. The number of amides is 2. The normalized spacial score (nSPS) is 20.7. The predicted molar refractivity (Wildman–Crippen MR) is 119 cm³/mol. The molecule has 1 saturated heterocycles. The first-order valence-corrected chi connectivity index (χ1v) is 11.5. The van der Waals surface area contributed by atoms with Gasteiger partial charge >= 0.3 is 0 Å². The van der Waals surface area contributed by atoms with Crippen LogP contribution in [0.5, 0.6) is 5.75 Å². The highest BCUT2D eigenvalue weighted by molar-refractivity contribution is 5.99. The van der Waals surface area contributed by atoms with Crippen LogP contribution < -0.4 is 10.7 Å². The van der Waals surface area contributed by atoms with Crippen molar-refractivity contribution in [1.29, 1.82) is 0 Å². The Kier molecular flexibility index (Phi) is 7.15. The van der Waals surface area contributed by atoms with E-state index >= 15 is 0 Å². The highest BCUT2D eigenvalue weighted by Crippen LogP contribution is 2.31. The third kappa shape index (κ3) is 4.90. The predicted octanol–water partition coefficient (Wildman–Crippen LogP) is 2.88. The number of hydrogen-bond donors (Lipinski definition) is 2. The first-order chi connectivity index (χ1) is 16.7. The summed E-state index contributed by atoms with van der Waals surface area (Å²) in [6, 6.07) is 0.382. The molecule has 2 aliphatic rings. The van der Waals surface area contributed by atoms with E-state index in [1.165, 1.54) is 10.8 Å². The molecular formula is C24H26F3N3O5. The molecular weight excluding hydrogens is 467 g/mol. The molecule has 0 aliphatic carbocycles. The Morgan fingerprint density at radius 3 is 2.60 bits per heavy atom. The zero-order chi connectivity index (χ0) is 25.3. The fourth-order valence-corrected chi connectivity index (χ4v) is 4.54. The Morgan fingerprint density at radius 2 is 1.89 bits per heavy atom. The van der Waals surface area contributed by atoms with E-state index in [4.69, 9.17) is 4.74 Å². The van der Waals surface area contributed by atoms with Gasteiger partial charge in [0.05, 0.1) is 18.7 Å². The third-order valence-electron chi connectivity index (χ3n) is 6.47. The molecule has 0 spiro atoms. The van der Waals surface area contributed by atoms with Crippen molar-refractivity contribution in [3.8, 4) is 5.75 Å². The lowest BCUT2D eigenvalue weighted by Crippen LogP contribution is -2.50. The summed E-state index contributed by atoms with van der Waals surface area (Å²) in [7, 11) is 0. The Hall–Kier alpha value is -3.34. The fourth-order valence-electron chi connectivity index (χ4n) is 4.54. The van der Waals surface area contributed by atoms with Crippen molar-refractivity contribution in [2.24, 2.45) is 0 Å². The van der Waals surface area contributed by atoms with Crippen molar-refractivity contribution in [2.45, 2.75) is 51.2 Å². The van der Waals surface area contributed by atoms with Gasteiger partial charge in [0.25, 0.3) is 11.8 Å². The minimum absolute atomic E-state index is 0.204. The van der Waals surface area contributed by atoms with Gasteiger partial charge < -0.3 is 24.6 Å². The molecule has 2 aromatic rings. The summed E-state index contributed by atoms with van der Waals surface area (Å²) < 4.78 is 48.1. The number of halogens is 3. The summed E-state index contributed by atoms with van der Waals surface area (Å²) >= 11 is 0. The maximum atomic E-state index is 13.9. The summed E-state index contributed by atoms with van der Waals surface area (Å²) in [5.74, 6) is -5.87. The zero-order valence-electron chi connectivity index (χ0n) is 19.2. The van der Waals surface area contributed by atoms with Crippen LogP contribution in [0.4, 0.5) is 13.2 Å². The molecule has 35 heavy (non-hydrogen) atoms. The van der Waals surface area contributed by atoms with Crippen molar-refractivity contribution in [2.75, 3.05) is 19.8 Å². The number of aromatic nitrogens is 1. The highest BCUT2D eigenvalue weighted by atomic mass is 19.1. The number of carbonyl (C=O) groups excluding carboxylic acids is 2. The average molecular weight is 493 g/mol. The molecule has 1 aromatic heterocycles. The van der Waals surface area contributed by atoms with E-state index < -0.39 is 58.1 Å². The number of rotatable bonds is 3. The molecule has 0 radical (unpaired) electrons. The van der Waals surface area contributed by atoms with Crippen molar-refractivity contribution < 1.29 is 32.6 Å². The molecule has 2 atom stereocenters. The monoisotopic (exact) mass is 493 g/mol. The van der Waals surface area contributed by atoms with E-state index in [1.807, 2.05) is 6.92 Å². The second-order valence-electron chi connectivity index (χ2n) is 8.89. The minimum atomic E-state index is -1.19. The third-order valence-corrected chi connectivity index (χ3v) is 6.47. The minimum Gasteiger partial charge on any atom is -0.503 e. The van der Waals surface area contributed by atoms with Crippen LogP contribution in [0.3, 0.4) is 0 Å². The SMILES string of the molecule is C[C@H]1COCCCCC[C@@H]2CN1C(=O)c1c(O)c(=O)c(C(=O)NCc3c(F)cc(F)cc3F)cn12. The average Bonchev–Trinajstić information content (AvgIpc) is 2.83. The molecule has 8 nitrogen and oxygen atoms in total. The van der Waals surface area contributed by atoms with Crippen LogP contribution in [0, 0.1) is 17.5 Å². The summed E-state index contributed by atoms with van der Waals surface area (Å²) in [5.41, 5.74) is -2.32. The number of pyridine rings is 1. The lowest BCUT2D eigenvalue weighted by atomic mass is 10.0. The molecule has 0 saturated carbocycles. The fraction of sp³-hybridized carbons (Fsp3) is 0.458. The molecule has 2 bridgehead atoms. The van der Waals surface area contributed by atoms with E-state index in [2.05, 4.69) is 5.32 Å². The van der Waals surface area contributed by atoms with Gasteiger partial charge in [0.1, 0.15) is 23.0 Å². The molecule has 1 aromatic carbocycles. The molecule has 4 rings (SSSR count). The van der Waals surface area contributed by atoms with E-state index in [0.29, 0.717) is 38.3 Å². The lowest BCUT2D eigenvalue weighted by molar-refractivity contribution is 0.0365. The van der Waals surface area contributed by atoms with Crippen molar-refractivity contribution in [1.82, 2.24) is 14.8 Å². The molecule has 3 heterocycles. The van der Waals surface area contributed by atoms with E-state index in [0.717, 1.165) is 19.3 Å². The number of nitrogens with one attached hydrogen (secondary N) is 1. The van der Waals surface area contributed by atoms with Gasteiger partial charge in [0.15, 0.2) is 11.4 Å². The highest BCUT2D eigenvalue weighted by Gasteiger charge is 2.37. The number of nitrogens with zero attached hydrogens (tertiary/aromatic N) is 2. The standard InChI is InChI=1S/C24H26F3N3O5/c1-13-12-35-6-4-2-3-5-15-10-29(13)24(34)20-22(32)21(31)17(11-30(15)20)23(33)28-9-16-18(26)7-14(25)8-19(16)27/h7-8,11,13,15,32H,2-6,9-10,12H2,1H3,(H,28,33)/t13-,15+/m0/s1. The van der Waals surface area contributed by atoms with Gasteiger partial charge in [-0.2, -0.15) is 0 Å². The largest absolute Gasteiger partial charge is 0.503 e. The van der Waals surface area contributed by atoms with E-state index in [9.17, 15) is 32.7 Å². The molecule has 11 heteroatoms. The molecule has 2 aliphatic heterocycles. The van der Waals surface area contributed by atoms with Crippen LogP contribution in [0.15, 0.2) is 23.1 Å². The number of fused-ring (bicyclic) bond motifs is 4. The van der Waals surface area contributed by atoms with Gasteiger partial charge in [-0.25, -0.2) is 13.2 Å². The smallest absolute Gasteiger partial charge is 0.274 e. The van der Waals surface area contributed by atoms with Gasteiger partial charge in [0, 0.05) is 43.6 Å². The van der Waals surface area contributed by atoms with E-state index in [1.54, 1.807) is 4.90 Å². The van der Waals surface area contributed by atoms with Crippen LogP contribution in [0.2, 0.25) is 0 Å². The number of carbonyl (C=O) groups is 2. The van der Waals surface area contributed by atoms with Crippen LogP contribution in [-0.2, 0) is 11.3 Å². The molecule has 2 N–H and O–H groups in total. The van der Waals surface area contributed by atoms with Gasteiger partial charge in [0.2, 0.25) is 5.43 Å². The lowest BCUT2D eigenvalue weighted by Gasteiger charge is -2.39. The van der Waals surface area contributed by atoms with Crippen molar-refractivity contribution in [3.05, 3.63) is 62.8 Å². The molecule has 1 fully saturated rings. The first kappa shape index (κ1) is 24.8. The maximum absolute atomic E-state index is 13.9. The van der Waals surface area contributed by atoms with Crippen LogP contribution in [0.1, 0.15) is 65.1 Å². The molecule has 188 valence electrons. The Labute approximate surface area is 199 Å². The maximum Gasteiger partial charge on any atom is 0.274 e. The van der Waals surface area contributed by atoms with Crippen molar-refractivity contribution >= 4 is 11.8 Å². The quantitative estimate of drug-likeness (QED) is 0.685. The summed E-state index contributed by atoms with van der Waals surface area (Å²) in [6.45, 7) is 2.39. The van der Waals surface area contributed by atoms with Crippen LogP contribution in [-0.4, -0.2) is 52.2 Å². The molecule has 0 unspecified atom stereocenters. The second-order valence-corrected chi connectivity index (χ2v) is 8.89. The Morgan fingerprint density at radius 1 is 1.17 bits per heavy atom. The van der Waals surface area contributed by atoms with Gasteiger partial charge in [-0.15, -0.1) is 0 Å². The number of hydrogen-bond acceptors (Lipinski definition) is 5. The Bertz CT molecular complexity index is 1190. The van der Waals surface area contributed by atoms with E-state index in [-0.39, 0.29) is 17.8 Å². The van der Waals surface area contributed by atoms with Crippen LogP contribution in [0.25, 0.3) is 0 Å². The topological polar surface area (TPSA) is 101 Å². The number of benzene rings is 1. The second kappa shape index (κ2) is 10.1. The van der Waals surface area contributed by atoms with Gasteiger partial charge in [-0.1, -0.05) is 12.8 Å². The summed E-state index contributed by atoms with van der Waals surface area (Å²) in [4.78, 5) is 40.4.